The van der Waals surface area contributed by atoms with Crippen LogP contribution in [0.1, 0.15) is 16.7 Å². The average Bonchev–Trinajstić information content (AvgIpc) is 2.45. The van der Waals surface area contributed by atoms with Crippen molar-refractivity contribution >= 4 is 26.0 Å². The molecular formula is C15H15BrFNO2S. The van der Waals surface area contributed by atoms with Gasteiger partial charge >= 0.3 is 0 Å². The number of halogens is 2. The number of hydrogen-bond acceptors (Lipinski definition) is 2. The van der Waals surface area contributed by atoms with Crippen LogP contribution in [0.5, 0.6) is 0 Å². The molecule has 6 heteroatoms. The van der Waals surface area contributed by atoms with Crippen LogP contribution in [0.4, 0.5) is 4.39 Å². The highest BCUT2D eigenvalue weighted by Gasteiger charge is 2.16. The summed E-state index contributed by atoms with van der Waals surface area (Å²) >= 11 is 3.36. The summed E-state index contributed by atoms with van der Waals surface area (Å²) in [6, 6.07) is 11.2. The molecule has 2 aromatic rings. The van der Waals surface area contributed by atoms with E-state index in [1.54, 1.807) is 6.92 Å². The molecule has 0 radical (unpaired) electrons. The molecule has 0 aliphatic rings. The smallest absolute Gasteiger partial charge is 0.207 e. The Morgan fingerprint density at radius 3 is 2.52 bits per heavy atom. The predicted molar refractivity (Wildman–Crippen MR) is 84.2 cm³/mol. The van der Waals surface area contributed by atoms with Crippen LogP contribution in [0.25, 0.3) is 0 Å². The Balaban J connectivity index is 2.17. The number of benzene rings is 2. The molecule has 2 rings (SSSR count). The fourth-order valence-electron chi connectivity index (χ4n) is 1.99. The topological polar surface area (TPSA) is 46.2 Å². The first kappa shape index (κ1) is 16.1. The molecule has 21 heavy (non-hydrogen) atoms. The summed E-state index contributed by atoms with van der Waals surface area (Å²) in [6.45, 7) is 1.77. The fourth-order valence-corrected chi connectivity index (χ4v) is 3.58. The van der Waals surface area contributed by atoms with Crippen molar-refractivity contribution in [1.82, 2.24) is 4.72 Å². The van der Waals surface area contributed by atoms with Crippen LogP contribution < -0.4 is 4.72 Å². The van der Waals surface area contributed by atoms with Crippen LogP contribution in [0, 0.1) is 12.7 Å². The molecule has 0 aromatic heterocycles. The number of sulfonamides is 1. The Morgan fingerprint density at radius 1 is 1.14 bits per heavy atom. The Morgan fingerprint density at radius 2 is 1.86 bits per heavy atom. The zero-order valence-electron chi connectivity index (χ0n) is 11.4. The molecule has 0 bridgehead atoms. The van der Waals surface area contributed by atoms with E-state index in [1.165, 1.54) is 12.1 Å². The molecule has 0 spiro atoms. The number of alkyl halides is 1. The van der Waals surface area contributed by atoms with Crippen LogP contribution >= 0.6 is 15.9 Å². The van der Waals surface area contributed by atoms with E-state index in [4.69, 9.17) is 0 Å². The van der Waals surface area contributed by atoms with Crippen LogP contribution in [-0.4, -0.2) is 8.42 Å². The Labute approximate surface area is 132 Å². The van der Waals surface area contributed by atoms with Crippen LogP contribution in [0.2, 0.25) is 0 Å². The van der Waals surface area contributed by atoms with Gasteiger partial charge in [-0.3, -0.25) is 0 Å². The van der Waals surface area contributed by atoms with Crippen molar-refractivity contribution in [1.29, 1.82) is 0 Å². The summed E-state index contributed by atoms with van der Waals surface area (Å²) in [5, 5.41) is 0.713. The highest BCUT2D eigenvalue weighted by atomic mass is 79.9. The Hall–Kier alpha value is -1.24. The second-order valence-electron chi connectivity index (χ2n) is 4.69. The summed E-state index contributed by atoms with van der Waals surface area (Å²) in [6.07, 6.45) is 0. The van der Waals surface area contributed by atoms with Gasteiger partial charge in [-0.25, -0.2) is 17.5 Å². The first-order valence-corrected chi connectivity index (χ1v) is 8.92. The highest BCUT2D eigenvalue weighted by molar-refractivity contribution is 9.08. The molecule has 0 aliphatic heterocycles. The van der Waals surface area contributed by atoms with E-state index in [0.29, 0.717) is 10.9 Å². The molecular weight excluding hydrogens is 357 g/mol. The monoisotopic (exact) mass is 371 g/mol. The summed E-state index contributed by atoms with van der Waals surface area (Å²) < 4.78 is 40.1. The van der Waals surface area contributed by atoms with Crippen LogP contribution in [0.15, 0.2) is 47.4 Å². The average molecular weight is 372 g/mol. The van der Waals surface area contributed by atoms with Gasteiger partial charge in [-0.15, -0.1) is 0 Å². The minimum absolute atomic E-state index is 0.0977. The van der Waals surface area contributed by atoms with Gasteiger partial charge in [-0.2, -0.15) is 0 Å². The van der Waals surface area contributed by atoms with Crippen molar-refractivity contribution in [3.05, 3.63) is 65.0 Å². The predicted octanol–water partition coefficient (Wildman–Crippen LogP) is 3.51. The van der Waals surface area contributed by atoms with Gasteiger partial charge in [-0.05, 0) is 41.8 Å². The quantitative estimate of drug-likeness (QED) is 0.817. The van der Waals surface area contributed by atoms with Crippen LogP contribution in [0.3, 0.4) is 0 Å². The molecule has 0 fully saturated rings. The Bertz CT molecular complexity index is 747. The third kappa shape index (κ3) is 4.12. The number of hydrogen-bond donors (Lipinski definition) is 1. The fraction of sp³-hybridized carbons (Fsp3) is 0.200. The maximum Gasteiger partial charge on any atom is 0.241 e. The lowest BCUT2D eigenvalue weighted by atomic mass is 10.1. The van der Waals surface area contributed by atoms with E-state index in [9.17, 15) is 12.8 Å². The zero-order chi connectivity index (χ0) is 15.5. The van der Waals surface area contributed by atoms with E-state index in [-0.39, 0.29) is 11.4 Å². The van der Waals surface area contributed by atoms with Crippen molar-refractivity contribution in [2.45, 2.75) is 23.7 Å². The lowest BCUT2D eigenvalue weighted by molar-refractivity contribution is 0.579. The number of nitrogens with one attached hydrogen (secondary N) is 1. The number of aryl methyl sites for hydroxylation is 1. The lowest BCUT2D eigenvalue weighted by Gasteiger charge is -2.10. The summed E-state index contributed by atoms with van der Waals surface area (Å²) in [5.74, 6) is -0.448. The molecule has 0 aliphatic carbocycles. The third-order valence-electron chi connectivity index (χ3n) is 3.04. The highest BCUT2D eigenvalue weighted by Crippen LogP contribution is 2.17. The molecule has 112 valence electrons. The second-order valence-corrected chi connectivity index (χ2v) is 6.98. The van der Waals surface area contributed by atoms with Crippen molar-refractivity contribution in [3.63, 3.8) is 0 Å². The van der Waals surface area contributed by atoms with Gasteiger partial charge in [0.25, 0.3) is 0 Å². The molecule has 0 saturated carbocycles. The van der Waals surface area contributed by atoms with Crippen molar-refractivity contribution in [2.75, 3.05) is 0 Å². The van der Waals surface area contributed by atoms with Crippen LogP contribution in [-0.2, 0) is 21.9 Å². The largest absolute Gasteiger partial charge is 0.241 e. The molecule has 0 amide bonds. The summed E-state index contributed by atoms with van der Waals surface area (Å²) in [7, 11) is -3.65. The minimum atomic E-state index is -3.65. The van der Waals surface area contributed by atoms with Crippen molar-refractivity contribution < 1.29 is 12.8 Å². The third-order valence-corrected chi connectivity index (χ3v) is 5.25. The first-order chi connectivity index (χ1) is 9.92. The van der Waals surface area contributed by atoms with Crippen molar-refractivity contribution in [3.8, 4) is 0 Å². The molecule has 3 nitrogen and oxygen atoms in total. The molecule has 0 saturated heterocycles. The van der Waals surface area contributed by atoms with Gasteiger partial charge in [0.1, 0.15) is 5.82 Å². The normalized spacial score (nSPS) is 11.6. The SMILES string of the molecule is Cc1cc(F)ccc1S(=O)(=O)NCc1cccc(CBr)c1. The lowest BCUT2D eigenvalue weighted by Crippen LogP contribution is -2.24. The van der Waals surface area contributed by atoms with E-state index < -0.39 is 15.8 Å². The minimum Gasteiger partial charge on any atom is -0.207 e. The zero-order valence-corrected chi connectivity index (χ0v) is 13.8. The standard InChI is InChI=1S/C15H15BrFNO2S/c1-11-7-14(17)5-6-15(11)21(19,20)18-10-13-4-2-3-12(8-13)9-16/h2-8,18H,9-10H2,1H3. The molecule has 1 N–H and O–H groups in total. The van der Waals surface area contributed by atoms with E-state index >= 15 is 0 Å². The maximum atomic E-state index is 13.1. The van der Waals surface area contributed by atoms with E-state index in [2.05, 4.69) is 20.7 Å². The summed E-state index contributed by atoms with van der Waals surface area (Å²) in [4.78, 5) is 0.0977. The van der Waals surface area contributed by atoms with E-state index in [1.807, 2.05) is 24.3 Å². The molecule has 0 heterocycles. The number of rotatable bonds is 5. The molecule has 0 unspecified atom stereocenters. The maximum absolute atomic E-state index is 13.1. The summed E-state index contributed by atoms with van der Waals surface area (Å²) in [5.41, 5.74) is 2.33. The molecule has 2 aromatic carbocycles. The van der Waals surface area contributed by atoms with Gasteiger partial charge in [0.05, 0.1) is 4.90 Å². The second kappa shape index (κ2) is 6.68. The van der Waals surface area contributed by atoms with Gasteiger partial charge in [0.15, 0.2) is 0 Å². The van der Waals surface area contributed by atoms with Gasteiger partial charge in [-0.1, -0.05) is 40.2 Å². The van der Waals surface area contributed by atoms with Gasteiger partial charge < -0.3 is 0 Å². The van der Waals surface area contributed by atoms with E-state index in [0.717, 1.165) is 17.2 Å². The van der Waals surface area contributed by atoms with Crippen molar-refractivity contribution in [2.24, 2.45) is 0 Å². The molecule has 0 atom stereocenters. The van der Waals surface area contributed by atoms with Gasteiger partial charge in [0.2, 0.25) is 10.0 Å². The van der Waals surface area contributed by atoms with Gasteiger partial charge in [0, 0.05) is 11.9 Å². The first-order valence-electron chi connectivity index (χ1n) is 6.32. The Kier molecular flexibility index (Phi) is 5.13.